The number of nitrogens with one attached hydrogen (secondary N) is 2. The van der Waals surface area contributed by atoms with Gasteiger partial charge in [-0.3, -0.25) is 20.2 Å². The first-order valence-corrected chi connectivity index (χ1v) is 9.67. The zero-order valence-electron chi connectivity index (χ0n) is 16.9. The van der Waals surface area contributed by atoms with E-state index in [9.17, 15) is 14.0 Å². The molecule has 0 aliphatic carbocycles. The van der Waals surface area contributed by atoms with E-state index < -0.39 is 11.4 Å². The average Bonchev–Trinajstić information content (AvgIpc) is 3.39. The number of rotatable bonds is 7. The number of imide groups is 1. The van der Waals surface area contributed by atoms with Crippen LogP contribution in [0.1, 0.15) is 16.9 Å². The lowest BCUT2D eigenvalue weighted by Crippen LogP contribution is -2.58. The third-order valence-corrected chi connectivity index (χ3v) is 5.56. The number of aromatic nitrogens is 1. The summed E-state index contributed by atoms with van der Waals surface area (Å²) < 4.78 is 19.3. The first-order chi connectivity index (χ1) is 15.0. The van der Waals surface area contributed by atoms with Crippen molar-refractivity contribution in [3.63, 3.8) is 0 Å². The minimum Gasteiger partial charge on any atom is -0.364 e. The number of fused-ring (bicyclic) bond motifs is 1. The molecule has 1 aromatic heterocycles. The van der Waals surface area contributed by atoms with E-state index in [1.165, 1.54) is 12.1 Å². The summed E-state index contributed by atoms with van der Waals surface area (Å²) in [5.41, 5.74) is 2.10. The molecular weight excluding hydrogens is 399 g/mol. The lowest BCUT2D eigenvalue weighted by Gasteiger charge is -2.34. The Morgan fingerprint density at radius 1 is 1.29 bits per heavy atom. The van der Waals surface area contributed by atoms with Gasteiger partial charge in [-0.15, -0.1) is 0 Å². The van der Waals surface area contributed by atoms with Crippen molar-refractivity contribution in [1.29, 1.82) is 0 Å². The summed E-state index contributed by atoms with van der Waals surface area (Å²) in [5.74, 6) is -0.720. The molecule has 0 unspecified atom stereocenters. The number of likely N-dealkylation sites (N-methyl/N-ethyl adjacent to an activating group) is 1. The predicted molar refractivity (Wildman–Crippen MR) is 113 cm³/mol. The van der Waals surface area contributed by atoms with Crippen LogP contribution in [0.15, 0.2) is 65.7 Å². The molecule has 7 nitrogen and oxygen atoms in total. The highest BCUT2D eigenvalue weighted by Gasteiger charge is 2.45. The average molecular weight is 420 g/mol. The van der Waals surface area contributed by atoms with Gasteiger partial charge in [0.25, 0.3) is 5.91 Å². The van der Waals surface area contributed by atoms with Crippen LogP contribution in [0.25, 0.3) is 17.0 Å². The molecule has 0 fully saturated rings. The molecule has 2 N–H and O–H groups in total. The van der Waals surface area contributed by atoms with Crippen molar-refractivity contribution in [2.45, 2.75) is 12.1 Å². The summed E-state index contributed by atoms with van der Waals surface area (Å²) in [7, 11) is 1.60. The van der Waals surface area contributed by atoms with Crippen molar-refractivity contribution in [2.75, 3.05) is 13.6 Å². The van der Waals surface area contributed by atoms with Crippen LogP contribution in [0.2, 0.25) is 0 Å². The van der Waals surface area contributed by atoms with Crippen LogP contribution in [0.3, 0.4) is 0 Å². The third-order valence-electron chi connectivity index (χ3n) is 5.56. The Morgan fingerprint density at radius 2 is 2.06 bits per heavy atom. The second kappa shape index (κ2) is 8.16. The fourth-order valence-corrected chi connectivity index (χ4v) is 3.84. The molecule has 1 aliphatic rings. The highest BCUT2D eigenvalue weighted by molar-refractivity contribution is 5.94. The van der Waals surface area contributed by atoms with Crippen molar-refractivity contribution in [3.8, 4) is 11.3 Å². The summed E-state index contributed by atoms with van der Waals surface area (Å²) in [5, 5.41) is 9.34. The van der Waals surface area contributed by atoms with Crippen LogP contribution in [0, 0.1) is 5.82 Å². The molecular formula is C23H21FN4O3. The number of carbonyl (C=O) groups is 2. The lowest BCUT2D eigenvalue weighted by molar-refractivity contribution is -0.132. The Morgan fingerprint density at radius 3 is 2.77 bits per heavy atom. The van der Waals surface area contributed by atoms with Crippen LogP contribution in [-0.4, -0.2) is 36.0 Å². The molecule has 2 heterocycles. The third kappa shape index (κ3) is 3.62. The molecule has 2 amide bonds. The zero-order valence-corrected chi connectivity index (χ0v) is 16.9. The van der Waals surface area contributed by atoms with E-state index >= 15 is 0 Å². The van der Waals surface area contributed by atoms with Gasteiger partial charge in [0.1, 0.15) is 11.5 Å². The summed E-state index contributed by atoms with van der Waals surface area (Å²) in [6.07, 6.45) is 0.325. The highest BCUT2D eigenvalue weighted by atomic mass is 19.1. The molecule has 31 heavy (non-hydrogen) atoms. The minimum absolute atomic E-state index is 0.0850. The molecule has 0 spiro atoms. The maximum atomic E-state index is 13.7. The summed E-state index contributed by atoms with van der Waals surface area (Å²) >= 11 is 0. The van der Waals surface area contributed by atoms with Gasteiger partial charge in [-0.2, -0.15) is 0 Å². The Balaban J connectivity index is 1.71. The topological polar surface area (TPSA) is 87.5 Å². The van der Waals surface area contributed by atoms with Gasteiger partial charge in [0.05, 0.1) is 6.54 Å². The molecule has 4 rings (SSSR count). The van der Waals surface area contributed by atoms with E-state index in [-0.39, 0.29) is 18.1 Å². The first kappa shape index (κ1) is 20.5. The number of halogens is 1. The largest absolute Gasteiger partial charge is 0.364 e. The van der Waals surface area contributed by atoms with Gasteiger partial charge in [-0.25, -0.2) is 4.39 Å². The van der Waals surface area contributed by atoms with E-state index in [0.717, 1.165) is 11.1 Å². The van der Waals surface area contributed by atoms with Crippen LogP contribution in [0.4, 0.5) is 4.39 Å². The molecule has 158 valence electrons. The fraction of sp³-hybridized carbons (Fsp3) is 0.174. The SMILES string of the molecule is C=C1c2cc(F)ccc2CN1C[C@@](NC)(C(=O)NC=O)c1cc(-c2ccccc2)no1. The number of hydrogen-bond donors (Lipinski definition) is 2. The normalized spacial score (nSPS) is 14.8. The number of hydrogen-bond acceptors (Lipinski definition) is 6. The van der Waals surface area contributed by atoms with Crippen molar-refractivity contribution < 1.29 is 18.5 Å². The summed E-state index contributed by atoms with van der Waals surface area (Å²) in [6.45, 7) is 4.59. The van der Waals surface area contributed by atoms with Gasteiger partial charge in [-0.05, 0) is 24.7 Å². The number of nitrogens with zero attached hydrogens (tertiary/aromatic N) is 2. The van der Waals surface area contributed by atoms with E-state index in [2.05, 4.69) is 22.4 Å². The molecule has 3 aromatic rings. The lowest BCUT2D eigenvalue weighted by atomic mass is 9.93. The van der Waals surface area contributed by atoms with Gasteiger partial charge >= 0.3 is 0 Å². The first-order valence-electron chi connectivity index (χ1n) is 9.67. The zero-order chi connectivity index (χ0) is 22.0. The Labute approximate surface area is 178 Å². The smallest absolute Gasteiger partial charge is 0.256 e. The van der Waals surface area contributed by atoms with Crippen LogP contribution < -0.4 is 10.6 Å². The Kier molecular flexibility index (Phi) is 5.39. The second-order valence-electron chi connectivity index (χ2n) is 7.29. The van der Waals surface area contributed by atoms with Gasteiger partial charge in [-0.1, -0.05) is 48.1 Å². The molecule has 0 saturated carbocycles. The van der Waals surface area contributed by atoms with Gasteiger partial charge < -0.3 is 9.42 Å². The molecule has 0 radical (unpaired) electrons. The summed E-state index contributed by atoms with van der Waals surface area (Å²) in [4.78, 5) is 26.0. The van der Waals surface area contributed by atoms with E-state index in [0.29, 0.717) is 29.9 Å². The number of amides is 2. The Bertz CT molecular complexity index is 1140. The van der Waals surface area contributed by atoms with Crippen molar-refractivity contribution in [1.82, 2.24) is 20.7 Å². The maximum absolute atomic E-state index is 13.7. The molecule has 1 atom stereocenters. The van der Waals surface area contributed by atoms with E-state index in [1.54, 1.807) is 19.2 Å². The van der Waals surface area contributed by atoms with Crippen LogP contribution >= 0.6 is 0 Å². The maximum Gasteiger partial charge on any atom is 0.256 e. The molecule has 0 bridgehead atoms. The minimum atomic E-state index is -1.44. The summed E-state index contributed by atoms with van der Waals surface area (Å²) in [6, 6.07) is 15.6. The molecule has 8 heteroatoms. The van der Waals surface area contributed by atoms with Crippen molar-refractivity contribution >= 4 is 18.0 Å². The monoisotopic (exact) mass is 420 g/mol. The fourth-order valence-electron chi connectivity index (χ4n) is 3.84. The number of benzene rings is 2. The molecule has 0 saturated heterocycles. The predicted octanol–water partition coefficient (Wildman–Crippen LogP) is 2.65. The van der Waals surface area contributed by atoms with Gasteiger partial charge in [0, 0.05) is 29.4 Å². The van der Waals surface area contributed by atoms with Crippen LogP contribution in [0.5, 0.6) is 0 Å². The molecule has 1 aliphatic heterocycles. The van der Waals surface area contributed by atoms with Crippen molar-refractivity contribution in [3.05, 3.63) is 83.9 Å². The quantitative estimate of drug-likeness (QED) is 0.572. The van der Waals surface area contributed by atoms with Gasteiger partial charge in [0.2, 0.25) is 6.41 Å². The van der Waals surface area contributed by atoms with E-state index in [1.807, 2.05) is 35.2 Å². The standard InChI is InChI=1S/C23H21FN4O3/c1-15-19-10-18(24)9-8-17(19)12-28(15)13-23(25-2,22(30)26-14-29)21-11-20(27-31-21)16-6-4-3-5-7-16/h3-11,14,25H,1,12-13H2,2H3,(H,26,29,30)/t23-/m0/s1. The van der Waals surface area contributed by atoms with Gasteiger partial charge in [0.15, 0.2) is 11.3 Å². The number of carbonyl (C=O) groups excluding carboxylic acids is 2. The Hall–Kier alpha value is -3.78. The molecule has 2 aromatic carbocycles. The second-order valence-corrected chi connectivity index (χ2v) is 7.29. The highest BCUT2D eigenvalue weighted by Crippen LogP contribution is 2.36. The van der Waals surface area contributed by atoms with Crippen molar-refractivity contribution in [2.24, 2.45) is 0 Å². The van der Waals surface area contributed by atoms with E-state index in [4.69, 9.17) is 4.52 Å². The van der Waals surface area contributed by atoms with Crippen LogP contribution in [-0.2, 0) is 21.7 Å².